The summed E-state index contributed by atoms with van der Waals surface area (Å²) in [4.78, 5) is 10.1. The van der Waals surface area contributed by atoms with Crippen LogP contribution in [0.25, 0.3) is 33.3 Å². The zero-order chi connectivity index (χ0) is 32.5. The summed E-state index contributed by atoms with van der Waals surface area (Å²) in [5, 5.41) is 3.66. The molecule has 0 bridgehead atoms. The van der Waals surface area contributed by atoms with E-state index < -0.39 is 8.07 Å². The van der Waals surface area contributed by atoms with Gasteiger partial charge in [-0.2, -0.15) is 4.57 Å². The van der Waals surface area contributed by atoms with Gasteiger partial charge in [0.2, 0.25) is 11.4 Å². The molecule has 2 aliphatic heterocycles. The predicted octanol–water partition coefficient (Wildman–Crippen LogP) is 9.89. The van der Waals surface area contributed by atoms with Gasteiger partial charge in [0, 0.05) is 50.5 Å². The van der Waals surface area contributed by atoms with E-state index in [0.29, 0.717) is 23.5 Å². The van der Waals surface area contributed by atoms with E-state index in [4.69, 9.17) is 14.4 Å². The molecular weight excluding hydrogens is 579 g/mol. The minimum atomic E-state index is -1.62. The van der Waals surface area contributed by atoms with Crippen molar-refractivity contribution in [2.24, 2.45) is 4.99 Å². The number of benzene rings is 2. The summed E-state index contributed by atoms with van der Waals surface area (Å²) in [5.41, 5.74) is 12.1. The van der Waals surface area contributed by atoms with Crippen LogP contribution in [0.15, 0.2) is 95.1 Å². The van der Waals surface area contributed by atoms with E-state index in [1.165, 1.54) is 27.9 Å². The summed E-state index contributed by atoms with van der Waals surface area (Å²) in [7, 11) is -1.62. The molecule has 0 fully saturated rings. The number of rotatable bonds is 4. The third-order valence-corrected chi connectivity index (χ3v) is 12.2. The third kappa shape index (κ3) is 5.00. The smallest absolute Gasteiger partial charge is 0.227 e. The molecule has 0 aliphatic carbocycles. The highest BCUT2D eigenvalue weighted by molar-refractivity contribution is 6.89. The van der Waals surface area contributed by atoms with E-state index in [9.17, 15) is 0 Å². The number of nitrogens with zero attached hydrogens (tertiary/aromatic N) is 3. The van der Waals surface area contributed by atoms with Crippen LogP contribution in [0.2, 0.25) is 19.6 Å². The van der Waals surface area contributed by atoms with Crippen molar-refractivity contribution in [3.63, 3.8) is 0 Å². The molecule has 4 nitrogen and oxygen atoms in total. The van der Waals surface area contributed by atoms with Crippen molar-refractivity contribution in [3.8, 4) is 11.3 Å². The summed E-state index contributed by atoms with van der Waals surface area (Å²) in [6, 6.07) is 20.5. The summed E-state index contributed by atoms with van der Waals surface area (Å²) < 4.78 is 9.19. The quantitative estimate of drug-likeness (QED) is 0.148. The van der Waals surface area contributed by atoms with Crippen LogP contribution in [0.4, 0.5) is 0 Å². The number of aromatic nitrogens is 2. The molecule has 2 atom stereocenters. The van der Waals surface area contributed by atoms with Gasteiger partial charge in [-0.1, -0.05) is 90.8 Å². The summed E-state index contributed by atoms with van der Waals surface area (Å²) in [6.45, 7) is 25.2. The van der Waals surface area contributed by atoms with Crippen LogP contribution in [0, 0.1) is 0 Å². The number of fused-ring (bicyclic) bond motifs is 11. The van der Waals surface area contributed by atoms with Gasteiger partial charge in [0.15, 0.2) is 12.2 Å². The highest BCUT2D eigenvalue weighted by Crippen LogP contribution is 2.45. The molecule has 5 aromatic rings. The number of hydrogen-bond donors (Lipinski definition) is 0. The molecule has 0 N–H and O–H groups in total. The minimum Gasteiger partial charge on any atom is -0.437 e. The fourth-order valence-electron chi connectivity index (χ4n) is 7.78. The summed E-state index contributed by atoms with van der Waals surface area (Å²) in [6.07, 6.45) is 7.08. The van der Waals surface area contributed by atoms with Crippen molar-refractivity contribution < 1.29 is 8.98 Å². The van der Waals surface area contributed by atoms with Gasteiger partial charge in [0.25, 0.3) is 0 Å². The highest BCUT2D eigenvalue weighted by Gasteiger charge is 2.42. The molecule has 234 valence electrons. The molecule has 0 saturated heterocycles. The van der Waals surface area contributed by atoms with Gasteiger partial charge in [-0.3, -0.25) is 4.99 Å². The van der Waals surface area contributed by atoms with Crippen molar-refractivity contribution in [1.82, 2.24) is 4.98 Å². The zero-order valence-corrected chi connectivity index (χ0v) is 29.4. The van der Waals surface area contributed by atoms with Gasteiger partial charge in [-0.25, -0.2) is 4.98 Å². The van der Waals surface area contributed by atoms with Gasteiger partial charge in [-0.05, 0) is 65.6 Å². The molecule has 0 radical (unpaired) electrons. The maximum Gasteiger partial charge on any atom is 0.227 e. The Morgan fingerprint density at radius 2 is 1.74 bits per heavy atom. The van der Waals surface area contributed by atoms with E-state index in [0.717, 1.165) is 58.3 Å². The molecule has 0 saturated carbocycles. The van der Waals surface area contributed by atoms with Crippen LogP contribution in [-0.4, -0.2) is 18.8 Å². The molecular formula is C41H46N3OSi+. The van der Waals surface area contributed by atoms with Crippen LogP contribution in [0.3, 0.4) is 0 Å². The van der Waals surface area contributed by atoms with E-state index in [-0.39, 0.29) is 6.04 Å². The Kier molecular flexibility index (Phi) is 7.51. The number of pyridine rings is 2. The lowest BCUT2D eigenvalue weighted by atomic mass is 9.77. The van der Waals surface area contributed by atoms with Crippen LogP contribution < -0.4 is 9.75 Å². The molecule has 5 heterocycles. The fraction of sp³-hybridized carbons (Fsp3) is 0.341. The van der Waals surface area contributed by atoms with Crippen molar-refractivity contribution in [2.45, 2.75) is 90.4 Å². The Morgan fingerprint density at radius 1 is 0.978 bits per heavy atom. The van der Waals surface area contributed by atoms with Crippen molar-refractivity contribution in [2.75, 3.05) is 0 Å². The Bertz CT molecular complexity index is 2070. The molecule has 0 spiro atoms. The van der Waals surface area contributed by atoms with Gasteiger partial charge in [-0.15, -0.1) is 0 Å². The van der Waals surface area contributed by atoms with Crippen LogP contribution in [0.1, 0.15) is 92.3 Å². The fourth-order valence-corrected chi connectivity index (χ4v) is 9.53. The Balaban J connectivity index is 1.42. The first-order chi connectivity index (χ1) is 22.0. The van der Waals surface area contributed by atoms with Gasteiger partial charge in [0.1, 0.15) is 5.58 Å². The topological polar surface area (TPSA) is 42.3 Å². The second kappa shape index (κ2) is 11.3. The lowest BCUT2D eigenvalue weighted by Gasteiger charge is -2.33. The average molecular weight is 625 g/mol. The highest BCUT2D eigenvalue weighted by atomic mass is 28.3. The minimum absolute atomic E-state index is 0.221. The SMILES string of the molecule is C=C/C1=N/C(=C)CC2C(CCc3ccc4c(oc5nc(C(C)C)ccc54)c31)c1ccccc1-c1cc(C(C)C)c([Si](C)(C)C)c[n+]12. The van der Waals surface area contributed by atoms with Crippen molar-refractivity contribution in [1.29, 1.82) is 0 Å². The molecule has 3 aromatic heterocycles. The Labute approximate surface area is 274 Å². The number of allylic oxidation sites excluding steroid dienone is 2. The van der Waals surface area contributed by atoms with Gasteiger partial charge < -0.3 is 4.42 Å². The average Bonchev–Trinajstić information content (AvgIpc) is 3.40. The molecule has 2 unspecified atom stereocenters. The Hall–Kier alpha value is -4.09. The second-order valence-electron chi connectivity index (χ2n) is 14.9. The van der Waals surface area contributed by atoms with E-state index >= 15 is 0 Å². The van der Waals surface area contributed by atoms with E-state index in [1.54, 1.807) is 5.19 Å². The summed E-state index contributed by atoms with van der Waals surface area (Å²) in [5.74, 6) is 1.11. The zero-order valence-electron chi connectivity index (χ0n) is 28.4. The first-order valence-electron chi connectivity index (χ1n) is 16.9. The lowest BCUT2D eigenvalue weighted by Crippen LogP contribution is -2.54. The molecule has 46 heavy (non-hydrogen) atoms. The predicted molar refractivity (Wildman–Crippen MR) is 195 cm³/mol. The number of aliphatic imine (C=N–C) groups is 1. The first-order valence-corrected chi connectivity index (χ1v) is 20.4. The lowest BCUT2D eigenvalue weighted by molar-refractivity contribution is -0.717. The van der Waals surface area contributed by atoms with Gasteiger partial charge in [0.05, 0.1) is 20.2 Å². The molecule has 5 heteroatoms. The summed E-state index contributed by atoms with van der Waals surface area (Å²) >= 11 is 0. The number of aryl methyl sites for hydroxylation is 1. The second-order valence-corrected chi connectivity index (χ2v) is 20.0. The van der Waals surface area contributed by atoms with Crippen LogP contribution in [-0.2, 0) is 6.42 Å². The van der Waals surface area contributed by atoms with Crippen LogP contribution in [0.5, 0.6) is 0 Å². The molecule has 2 aliphatic rings. The Morgan fingerprint density at radius 3 is 2.46 bits per heavy atom. The van der Waals surface area contributed by atoms with E-state index in [1.807, 2.05) is 6.08 Å². The monoisotopic (exact) mass is 624 g/mol. The number of hydrogen-bond acceptors (Lipinski definition) is 3. The van der Waals surface area contributed by atoms with Crippen molar-refractivity contribution in [3.05, 3.63) is 114 Å². The maximum atomic E-state index is 6.59. The number of furan rings is 1. The molecule has 0 amide bonds. The third-order valence-electron chi connectivity index (χ3n) is 10.1. The van der Waals surface area contributed by atoms with Crippen LogP contribution >= 0.6 is 0 Å². The first kappa shape index (κ1) is 30.6. The van der Waals surface area contributed by atoms with Gasteiger partial charge >= 0.3 is 0 Å². The molecule has 2 aromatic carbocycles. The largest absolute Gasteiger partial charge is 0.437 e. The van der Waals surface area contributed by atoms with Crippen molar-refractivity contribution >= 4 is 41.0 Å². The maximum absolute atomic E-state index is 6.59. The molecule has 7 rings (SSSR count). The standard InChI is InChI=1S/C41H46N3OSi/c1-10-34-39-27(16-18-31-32-19-20-35(25(4)5)43-41(32)45-40(31)39)15-17-30-28-13-11-12-14-29(28)37-22-33(24(2)3)38(46(7,8)9)23-44(37)36(30)21-26(6)42-34/h10-14,16,18-20,22-25,30,36H,1,6,15,17,21H2,2-5,7-9H3/q+1/b42-34-. The normalized spacial score (nSPS) is 19.4. The van der Waals surface area contributed by atoms with E-state index in [2.05, 4.69) is 126 Å².